The van der Waals surface area contributed by atoms with Gasteiger partial charge in [-0.2, -0.15) is 0 Å². The average molecular weight is 248 g/mol. The average Bonchev–Trinajstić information content (AvgIpc) is 2.40. The number of hydrogen-bond acceptors (Lipinski definition) is 4. The van der Waals surface area contributed by atoms with E-state index in [2.05, 4.69) is 10.3 Å². The maximum atomic E-state index is 12.2. The Labute approximate surface area is 104 Å². The molecule has 2 rings (SSSR count). The zero-order valence-corrected chi connectivity index (χ0v) is 10.9. The molecule has 18 heavy (non-hydrogen) atoms. The van der Waals surface area contributed by atoms with Gasteiger partial charge in [-0.3, -0.25) is 13.9 Å². The molecule has 0 aliphatic rings. The lowest BCUT2D eigenvalue weighted by Gasteiger charge is -2.13. The molecule has 0 aliphatic carbocycles. The van der Waals surface area contributed by atoms with Gasteiger partial charge in [0.25, 0.3) is 5.56 Å². The van der Waals surface area contributed by atoms with Crippen molar-refractivity contribution in [2.75, 3.05) is 12.4 Å². The highest BCUT2D eigenvalue weighted by atomic mass is 16.2. The van der Waals surface area contributed by atoms with Crippen LogP contribution in [0.3, 0.4) is 0 Å². The molecular formula is C12H16N4O2. The number of pyridine rings is 1. The Balaban J connectivity index is 3.12. The number of fused-ring (bicyclic) bond motifs is 1. The lowest BCUT2D eigenvalue weighted by atomic mass is 10.1. The van der Waals surface area contributed by atoms with E-state index < -0.39 is 0 Å². The van der Waals surface area contributed by atoms with Gasteiger partial charge in [-0.15, -0.1) is 0 Å². The summed E-state index contributed by atoms with van der Waals surface area (Å²) in [6.45, 7) is 2.00. The van der Waals surface area contributed by atoms with Gasteiger partial charge in [-0.25, -0.2) is 9.78 Å². The summed E-state index contributed by atoms with van der Waals surface area (Å²) in [7, 11) is 4.85. The molecule has 0 atom stereocenters. The Kier molecular flexibility index (Phi) is 2.94. The molecule has 6 heteroatoms. The second-order valence-corrected chi connectivity index (χ2v) is 4.17. The normalized spacial score (nSPS) is 10.9. The van der Waals surface area contributed by atoms with Crippen LogP contribution in [0.4, 0.5) is 5.69 Å². The summed E-state index contributed by atoms with van der Waals surface area (Å²) < 4.78 is 2.49. The highest BCUT2D eigenvalue weighted by Gasteiger charge is 2.15. The smallest absolute Gasteiger partial charge is 0.332 e. The van der Waals surface area contributed by atoms with Crippen LogP contribution in [-0.2, 0) is 20.5 Å². The SMILES string of the molecule is CCc1cnc2c(c1NC)c(=O)n(C)c(=O)n2C. The quantitative estimate of drug-likeness (QED) is 0.826. The molecule has 1 N–H and O–H groups in total. The van der Waals surface area contributed by atoms with E-state index in [1.165, 1.54) is 11.6 Å². The van der Waals surface area contributed by atoms with Crippen molar-refractivity contribution in [3.05, 3.63) is 32.6 Å². The number of hydrogen-bond donors (Lipinski definition) is 1. The van der Waals surface area contributed by atoms with E-state index in [0.717, 1.165) is 22.2 Å². The fourth-order valence-electron chi connectivity index (χ4n) is 2.12. The second kappa shape index (κ2) is 4.29. The summed E-state index contributed by atoms with van der Waals surface area (Å²) in [6.07, 6.45) is 2.47. The summed E-state index contributed by atoms with van der Waals surface area (Å²) in [4.78, 5) is 28.3. The fraction of sp³-hybridized carbons (Fsp3) is 0.417. The van der Waals surface area contributed by atoms with Crippen LogP contribution in [0.2, 0.25) is 0 Å². The first-order valence-corrected chi connectivity index (χ1v) is 5.78. The van der Waals surface area contributed by atoms with Crippen LogP contribution in [0.25, 0.3) is 11.0 Å². The Bertz CT molecular complexity index is 727. The molecule has 6 nitrogen and oxygen atoms in total. The van der Waals surface area contributed by atoms with Gasteiger partial charge in [-0.05, 0) is 12.0 Å². The number of anilines is 1. The molecule has 0 unspecified atom stereocenters. The monoisotopic (exact) mass is 248 g/mol. The van der Waals surface area contributed by atoms with Gasteiger partial charge >= 0.3 is 5.69 Å². The molecule has 0 radical (unpaired) electrons. The van der Waals surface area contributed by atoms with Gasteiger partial charge in [0.2, 0.25) is 0 Å². The predicted octanol–water partition coefficient (Wildman–Crippen LogP) is 0.236. The third-order valence-corrected chi connectivity index (χ3v) is 3.18. The number of aromatic nitrogens is 3. The second-order valence-electron chi connectivity index (χ2n) is 4.17. The summed E-state index contributed by atoms with van der Waals surface area (Å²) in [5.41, 5.74) is 1.43. The number of aryl methyl sites for hydroxylation is 2. The molecular weight excluding hydrogens is 232 g/mol. The zero-order valence-electron chi connectivity index (χ0n) is 10.9. The topological polar surface area (TPSA) is 68.9 Å². The molecule has 0 bridgehead atoms. The van der Waals surface area contributed by atoms with E-state index in [9.17, 15) is 9.59 Å². The standard InChI is InChI=1S/C12H16N4O2/c1-5-7-6-14-10-8(9(7)13-2)11(17)16(4)12(18)15(10)3/h6H,5H2,1-4H3,(H,13,14). The molecule has 0 aliphatic heterocycles. The van der Waals surface area contributed by atoms with E-state index in [1.807, 2.05) is 6.92 Å². The summed E-state index contributed by atoms with van der Waals surface area (Å²) >= 11 is 0. The van der Waals surface area contributed by atoms with E-state index in [1.54, 1.807) is 20.3 Å². The van der Waals surface area contributed by atoms with Crippen molar-refractivity contribution in [3.8, 4) is 0 Å². The van der Waals surface area contributed by atoms with Crippen molar-refractivity contribution < 1.29 is 0 Å². The van der Waals surface area contributed by atoms with Crippen LogP contribution in [-0.4, -0.2) is 21.2 Å². The molecule has 0 amide bonds. The molecule has 0 saturated carbocycles. The molecule has 0 spiro atoms. The highest BCUT2D eigenvalue weighted by molar-refractivity contribution is 5.89. The first kappa shape index (κ1) is 12.3. The van der Waals surface area contributed by atoms with Crippen molar-refractivity contribution in [1.29, 1.82) is 0 Å². The molecule has 2 heterocycles. The molecule has 0 fully saturated rings. The first-order valence-electron chi connectivity index (χ1n) is 5.78. The van der Waals surface area contributed by atoms with E-state index in [0.29, 0.717) is 11.0 Å². The van der Waals surface area contributed by atoms with Gasteiger partial charge in [0.05, 0.1) is 5.69 Å². The Hall–Kier alpha value is -2.11. The summed E-state index contributed by atoms with van der Waals surface area (Å²) in [5, 5.41) is 3.50. The zero-order chi connectivity index (χ0) is 13.4. The van der Waals surface area contributed by atoms with Crippen LogP contribution >= 0.6 is 0 Å². The van der Waals surface area contributed by atoms with Crippen LogP contribution in [0.5, 0.6) is 0 Å². The Morgan fingerprint density at radius 1 is 1.28 bits per heavy atom. The first-order chi connectivity index (χ1) is 8.52. The lowest BCUT2D eigenvalue weighted by molar-refractivity contribution is 0.707. The molecule has 0 saturated heterocycles. The Morgan fingerprint density at radius 2 is 1.94 bits per heavy atom. The van der Waals surface area contributed by atoms with E-state index in [4.69, 9.17) is 0 Å². The minimum absolute atomic E-state index is 0.319. The minimum atomic E-state index is -0.369. The maximum absolute atomic E-state index is 12.2. The number of rotatable bonds is 2. The van der Waals surface area contributed by atoms with Crippen LogP contribution in [0.1, 0.15) is 12.5 Å². The lowest BCUT2D eigenvalue weighted by Crippen LogP contribution is -2.37. The molecule has 0 aromatic carbocycles. The van der Waals surface area contributed by atoms with Crippen molar-refractivity contribution in [2.24, 2.45) is 14.1 Å². The molecule has 96 valence electrons. The van der Waals surface area contributed by atoms with Gasteiger partial charge in [0, 0.05) is 27.3 Å². The van der Waals surface area contributed by atoms with Crippen molar-refractivity contribution in [2.45, 2.75) is 13.3 Å². The summed E-state index contributed by atoms with van der Waals surface area (Å²) in [5.74, 6) is 0. The largest absolute Gasteiger partial charge is 0.387 e. The fourth-order valence-corrected chi connectivity index (χ4v) is 2.12. The third-order valence-electron chi connectivity index (χ3n) is 3.18. The number of nitrogens with one attached hydrogen (secondary N) is 1. The van der Waals surface area contributed by atoms with Crippen molar-refractivity contribution in [3.63, 3.8) is 0 Å². The van der Waals surface area contributed by atoms with Gasteiger partial charge < -0.3 is 5.32 Å². The van der Waals surface area contributed by atoms with Gasteiger partial charge in [-0.1, -0.05) is 6.92 Å². The maximum Gasteiger partial charge on any atom is 0.332 e. The Morgan fingerprint density at radius 3 is 2.50 bits per heavy atom. The predicted molar refractivity (Wildman–Crippen MR) is 71.1 cm³/mol. The van der Waals surface area contributed by atoms with Crippen molar-refractivity contribution in [1.82, 2.24) is 14.1 Å². The van der Waals surface area contributed by atoms with E-state index in [-0.39, 0.29) is 11.2 Å². The van der Waals surface area contributed by atoms with E-state index >= 15 is 0 Å². The highest BCUT2D eigenvalue weighted by Crippen LogP contribution is 2.21. The summed E-state index contributed by atoms with van der Waals surface area (Å²) in [6, 6.07) is 0. The van der Waals surface area contributed by atoms with Crippen LogP contribution < -0.4 is 16.6 Å². The van der Waals surface area contributed by atoms with Gasteiger partial charge in [0.1, 0.15) is 5.39 Å². The molecule has 2 aromatic rings. The minimum Gasteiger partial charge on any atom is -0.387 e. The van der Waals surface area contributed by atoms with Gasteiger partial charge in [0.15, 0.2) is 5.65 Å². The van der Waals surface area contributed by atoms with Crippen LogP contribution in [0.15, 0.2) is 15.8 Å². The number of nitrogens with zero attached hydrogens (tertiary/aromatic N) is 3. The molecule has 2 aromatic heterocycles. The third kappa shape index (κ3) is 1.53. The van der Waals surface area contributed by atoms with Crippen molar-refractivity contribution >= 4 is 16.7 Å². The van der Waals surface area contributed by atoms with Crippen LogP contribution in [0, 0.1) is 0 Å².